The molecule has 2 aromatic carbocycles. The first kappa shape index (κ1) is 35.6. The number of amides is 1. The molecule has 2 atom stereocenters. The molecule has 1 aliphatic rings. The van der Waals surface area contributed by atoms with E-state index >= 15 is 0 Å². The predicted octanol–water partition coefficient (Wildman–Crippen LogP) is 5.70. The van der Waals surface area contributed by atoms with Crippen molar-refractivity contribution in [3.05, 3.63) is 76.8 Å². The van der Waals surface area contributed by atoms with Crippen molar-refractivity contribution in [2.75, 3.05) is 31.1 Å². The van der Waals surface area contributed by atoms with Crippen molar-refractivity contribution in [1.29, 1.82) is 0 Å². The SMILES string of the molecule is C=C(CN1CCS(=O)(=O)CC1)C(=O)CC[C@H](Cc1ccccc1)NC(=O)[C@@H](CC(=O)CCC)Cc1nc2ccc(C(C)C)cc2s1. The summed E-state index contributed by atoms with van der Waals surface area (Å²) in [6.45, 7) is 11.4. The van der Waals surface area contributed by atoms with Crippen LogP contribution in [0.4, 0.5) is 0 Å². The zero-order valence-corrected chi connectivity index (χ0v) is 28.9. The Kier molecular flexibility index (Phi) is 12.8. The Bertz CT molecular complexity index is 1620. The number of sulfone groups is 1. The number of hydrogen-bond donors (Lipinski definition) is 1. The monoisotopic (exact) mass is 665 g/mol. The smallest absolute Gasteiger partial charge is 0.224 e. The van der Waals surface area contributed by atoms with Crippen LogP contribution in [-0.4, -0.2) is 73.0 Å². The summed E-state index contributed by atoms with van der Waals surface area (Å²) in [6, 6.07) is 15.8. The molecule has 1 amide bonds. The molecule has 3 aromatic rings. The molecule has 1 aromatic heterocycles. The third-order valence-corrected chi connectivity index (χ3v) is 11.2. The molecule has 2 heterocycles. The number of aromatic nitrogens is 1. The van der Waals surface area contributed by atoms with Gasteiger partial charge in [0.15, 0.2) is 15.6 Å². The van der Waals surface area contributed by atoms with Crippen molar-refractivity contribution in [2.24, 2.45) is 5.92 Å². The Morgan fingerprint density at radius 1 is 1.02 bits per heavy atom. The molecule has 4 rings (SSSR count). The molecule has 0 aliphatic carbocycles. The molecule has 0 spiro atoms. The normalized spacial score (nSPS) is 16.3. The number of nitrogens with one attached hydrogen (secondary N) is 1. The van der Waals surface area contributed by atoms with Crippen molar-refractivity contribution in [1.82, 2.24) is 15.2 Å². The van der Waals surface area contributed by atoms with Crippen LogP contribution >= 0.6 is 11.3 Å². The van der Waals surface area contributed by atoms with E-state index in [9.17, 15) is 22.8 Å². The Labute approximate surface area is 277 Å². The van der Waals surface area contributed by atoms with E-state index in [2.05, 4.69) is 37.9 Å². The molecule has 8 nitrogen and oxygen atoms in total. The van der Waals surface area contributed by atoms with E-state index in [1.807, 2.05) is 48.2 Å². The number of ketones is 2. The Morgan fingerprint density at radius 3 is 2.41 bits per heavy atom. The van der Waals surface area contributed by atoms with Crippen molar-refractivity contribution >= 4 is 48.9 Å². The van der Waals surface area contributed by atoms with Gasteiger partial charge in [0.2, 0.25) is 5.91 Å². The number of nitrogens with zero attached hydrogens (tertiary/aromatic N) is 2. The van der Waals surface area contributed by atoms with E-state index < -0.39 is 15.8 Å². The molecule has 0 unspecified atom stereocenters. The fourth-order valence-corrected chi connectivity index (χ4v) is 8.12. The summed E-state index contributed by atoms with van der Waals surface area (Å²) in [4.78, 5) is 46.6. The van der Waals surface area contributed by atoms with E-state index in [1.54, 1.807) is 11.3 Å². The molecule has 248 valence electrons. The average Bonchev–Trinajstić information content (AvgIpc) is 3.42. The fraction of sp³-hybridized carbons (Fsp3) is 0.500. The molecule has 0 saturated carbocycles. The van der Waals surface area contributed by atoms with Crippen LogP contribution in [0.25, 0.3) is 10.2 Å². The second-order valence-corrected chi connectivity index (χ2v) is 16.2. The number of fused-ring (bicyclic) bond motifs is 1. The highest BCUT2D eigenvalue weighted by Crippen LogP contribution is 2.28. The maximum atomic E-state index is 13.9. The summed E-state index contributed by atoms with van der Waals surface area (Å²) >= 11 is 1.57. The zero-order chi connectivity index (χ0) is 33.3. The molecule has 10 heteroatoms. The van der Waals surface area contributed by atoms with Gasteiger partial charge >= 0.3 is 0 Å². The largest absolute Gasteiger partial charge is 0.353 e. The first-order valence-electron chi connectivity index (χ1n) is 16.3. The maximum Gasteiger partial charge on any atom is 0.224 e. The van der Waals surface area contributed by atoms with E-state index in [0.717, 1.165) is 27.2 Å². The zero-order valence-electron chi connectivity index (χ0n) is 27.3. The first-order valence-corrected chi connectivity index (χ1v) is 18.9. The topological polar surface area (TPSA) is 114 Å². The molecule has 1 aliphatic heterocycles. The van der Waals surface area contributed by atoms with Crippen LogP contribution in [0.15, 0.2) is 60.7 Å². The molecule has 0 bridgehead atoms. The van der Waals surface area contributed by atoms with Crippen LogP contribution in [0, 0.1) is 5.92 Å². The lowest BCUT2D eigenvalue weighted by molar-refractivity contribution is -0.130. The molecule has 46 heavy (non-hydrogen) atoms. The number of benzene rings is 2. The number of thiazole rings is 1. The number of carbonyl (C=O) groups excluding carboxylic acids is 3. The van der Waals surface area contributed by atoms with Gasteiger partial charge in [-0.05, 0) is 48.4 Å². The highest BCUT2D eigenvalue weighted by molar-refractivity contribution is 7.91. The summed E-state index contributed by atoms with van der Waals surface area (Å²) in [5, 5.41) is 4.03. The number of hydrogen-bond acceptors (Lipinski definition) is 8. The standard InChI is InChI=1S/C36H47N3O5S2/c1-5-9-31(40)21-29(23-35-38-32-14-12-28(25(2)3)22-34(32)45-35)36(42)37-30(20-27-10-7-6-8-11-27)13-15-33(41)26(4)24-39-16-18-46(43,44)19-17-39/h6-8,10-12,14,22,25,29-30H,4-5,9,13,15-21,23-24H2,1-3H3,(H,37,42)/t29-,30+/m0/s1. The summed E-state index contributed by atoms with van der Waals surface area (Å²) in [5.41, 5.74) is 3.62. The first-order chi connectivity index (χ1) is 21.9. The van der Waals surface area contributed by atoms with Crippen molar-refractivity contribution in [3.63, 3.8) is 0 Å². The summed E-state index contributed by atoms with van der Waals surface area (Å²) in [7, 11) is -3.01. The van der Waals surface area contributed by atoms with Gasteiger partial charge in [-0.2, -0.15) is 0 Å². The molecule has 1 N–H and O–H groups in total. The van der Waals surface area contributed by atoms with Crippen molar-refractivity contribution in [2.45, 2.75) is 77.7 Å². The second-order valence-electron chi connectivity index (χ2n) is 12.8. The Morgan fingerprint density at radius 2 is 1.74 bits per heavy atom. The van der Waals surface area contributed by atoms with Crippen LogP contribution in [0.1, 0.15) is 74.9 Å². The van der Waals surface area contributed by atoms with E-state index in [1.165, 1.54) is 5.56 Å². The van der Waals surface area contributed by atoms with Crippen LogP contribution < -0.4 is 5.32 Å². The van der Waals surface area contributed by atoms with Crippen LogP contribution in [0.3, 0.4) is 0 Å². The summed E-state index contributed by atoms with van der Waals surface area (Å²) in [5.74, 6) is -0.214. The minimum atomic E-state index is -3.01. The minimum Gasteiger partial charge on any atom is -0.353 e. The maximum absolute atomic E-state index is 13.9. The third kappa shape index (κ3) is 10.7. The number of Topliss-reactive ketones (excluding diaryl/α,β-unsaturated/α-hetero) is 2. The number of carbonyl (C=O) groups is 3. The predicted molar refractivity (Wildman–Crippen MR) is 186 cm³/mol. The molecular weight excluding hydrogens is 619 g/mol. The van der Waals surface area contributed by atoms with E-state index in [0.29, 0.717) is 56.8 Å². The van der Waals surface area contributed by atoms with Gasteiger partial charge in [0, 0.05) is 56.9 Å². The summed E-state index contributed by atoms with van der Waals surface area (Å²) in [6.07, 6.45) is 2.84. The van der Waals surface area contributed by atoms with Gasteiger partial charge in [-0.15, -0.1) is 11.3 Å². The van der Waals surface area contributed by atoms with Gasteiger partial charge in [-0.1, -0.05) is 63.7 Å². The highest BCUT2D eigenvalue weighted by atomic mass is 32.2. The van der Waals surface area contributed by atoms with E-state index in [-0.39, 0.29) is 47.9 Å². The Hall–Kier alpha value is -3.21. The lowest BCUT2D eigenvalue weighted by atomic mass is 9.94. The molecule has 1 saturated heterocycles. The van der Waals surface area contributed by atoms with Crippen LogP contribution in [0.2, 0.25) is 0 Å². The minimum absolute atomic E-state index is 0.0578. The lowest BCUT2D eigenvalue weighted by Crippen LogP contribution is -2.42. The average molecular weight is 666 g/mol. The molecule has 0 radical (unpaired) electrons. The second kappa shape index (κ2) is 16.6. The van der Waals surface area contributed by atoms with Crippen molar-refractivity contribution in [3.8, 4) is 0 Å². The van der Waals surface area contributed by atoms with Gasteiger partial charge < -0.3 is 5.32 Å². The van der Waals surface area contributed by atoms with Gasteiger partial charge in [-0.3, -0.25) is 19.3 Å². The quantitative estimate of drug-likeness (QED) is 0.184. The van der Waals surface area contributed by atoms with Crippen LogP contribution in [-0.2, 0) is 37.1 Å². The highest BCUT2D eigenvalue weighted by Gasteiger charge is 2.27. The number of rotatable bonds is 17. The molecular formula is C36H47N3O5S2. The van der Waals surface area contributed by atoms with Crippen molar-refractivity contribution < 1.29 is 22.8 Å². The van der Waals surface area contributed by atoms with Gasteiger partial charge in [0.05, 0.1) is 32.6 Å². The lowest BCUT2D eigenvalue weighted by Gasteiger charge is -2.27. The van der Waals surface area contributed by atoms with Gasteiger partial charge in [0.1, 0.15) is 5.78 Å². The van der Waals surface area contributed by atoms with E-state index in [4.69, 9.17) is 4.98 Å². The van der Waals surface area contributed by atoms with Crippen LogP contribution in [0.5, 0.6) is 0 Å². The fourth-order valence-electron chi connectivity index (χ4n) is 5.75. The summed E-state index contributed by atoms with van der Waals surface area (Å²) < 4.78 is 24.6. The van der Waals surface area contributed by atoms with Gasteiger partial charge in [0.25, 0.3) is 0 Å². The molecule has 1 fully saturated rings. The van der Waals surface area contributed by atoms with Gasteiger partial charge in [-0.25, -0.2) is 13.4 Å². The third-order valence-electron chi connectivity index (χ3n) is 8.56. The Balaban J connectivity index is 1.46.